The van der Waals surface area contributed by atoms with Gasteiger partial charge in [-0.1, -0.05) is 31.2 Å². The number of rotatable bonds is 4. The topological polar surface area (TPSA) is 56.5 Å². The Hall–Kier alpha value is -2.56. The Morgan fingerprint density at radius 3 is 2.26 bits per heavy atom. The quantitative estimate of drug-likeness (QED) is 0.885. The number of hydrogen-bond donors (Lipinski definition) is 1. The van der Waals surface area contributed by atoms with Crippen molar-refractivity contribution in [2.24, 2.45) is 5.41 Å². The molecule has 27 heavy (non-hydrogen) atoms. The van der Waals surface area contributed by atoms with Gasteiger partial charge in [-0.25, -0.2) is 0 Å². The van der Waals surface area contributed by atoms with Crippen LogP contribution in [-0.2, 0) is 5.60 Å². The first-order valence-electron chi connectivity index (χ1n) is 8.35. The molecule has 1 fully saturated rings. The minimum absolute atomic E-state index is 0.352. The number of ether oxygens (including phenoxy) is 1. The molecular formula is C20H19F3N2O2. The molecule has 3 rings (SSSR count). The van der Waals surface area contributed by atoms with Crippen LogP contribution in [0.15, 0.2) is 48.5 Å². The van der Waals surface area contributed by atoms with Gasteiger partial charge in [-0.05, 0) is 42.4 Å². The van der Waals surface area contributed by atoms with E-state index in [1.54, 1.807) is 24.3 Å². The lowest BCUT2D eigenvalue weighted by atomic mass is 9.62. The van der Waals surface area contributed by atoms with Gasteiger partial charge in [-0.15, -0.1) is 13.2 Å². The summed E-state index contributed by atoms with van der Waals surface area (Å²) in [6.45, 7) is 3.12. The summed E-state index contributed by atoms with van der Waals surface area (Å²) in [5, 5.41) is 21.0. The monoisotopic (exact) mass is 376 g/mol. The Bertz CT molecular complexity index is 868. The second kappa shape index (κ2) is 6.55. The Morgan fingerprint density at radius 1 is 1.11 bits per heavy atom. The molecule has 0 aromatic heterocycles. The van der Waals surface area contributed by atoms with Gasteiger partial charge in [0.2, 0.25) is 0 Å². The summed E-state index contributed by atoms with van der Waals surface area (Å²) < 4.78 is 41.2. The van der Waals surface area contributed by atoms with Crippen LogP contribution in [0, 0.1) is 16.7 Å². The molecule has 1 aliphatic rings. The predicted octanol–water partition coefficient (Wildman–Crippen LogP) is 3.64. The van der Waals surface area contributed by atoms with E-state index in [1.165, 1.54) is 24.3 Å². The summed E-state index contributed by atoms with van der Waals surface area (Å²) in [5.41, 5.74) is -0.658. The van der Waals surface area contributed by atoms with E-state index >= 15 is 0 Å². The largest absolute Gasteiger partial charge is 0.573 e. The van der Waals surface area contributed by atoms with Gasteiger partial charge in [-0.2, -0.15) is 5.26 Å². The number of hydrogen-bond acceptors (Lipinski definition) is 4. The van der Waals surface area contributed by atoms with Crippen molar-refractivity contribution in [1.82, 2.24) is 4.90 Å². The van der Waals surface area contributed by atoms with Crippen molar-refractivity contribution in [2.45, 2.75) is 18.9 Å². The van der Waals surface area contributed by atoms with E-state index in [2.05, 4.69) is 10.8 Å². The van der Waals surface area contributed by atoms with Crippen LogP contribution in [0.3, 0.4) is 0 Å². The number of benzene rings is 2. The molecule has 1 N–H and O–H groups in total. The lowest BCUT2D eigenvalue weighted by molar-refractivity contribution is -0.274. The molecule has 1 atom stereocenters. The average molecular weight is 376 g/mol. The molecule has 1 heterocycles. The molecule has 1 saturated heterocycles. The van der Waals surface area contributed by atoms with Gasteiger partial charge < -0.3 is 14.7 Å². The molecule has 1 aliphatic heterocycles. The second-order valence-electron chi connectivity index (χ2n) is 7.21. The number of aliphatic hydroxyl groups is 1. The van der Waals surface area contributed by atoms with Crippen molar-refractivity contribution in [3.63, 3.8) is 0 Å². The Morgan fingerprint density at radius 2 is 1.74 bits per heavy atom. The molecule has 0 unspecified atom stereocenters. The van der Waals surface area contributed by atoms with Gasteiger partial charge >= 0.3 is 6.36 Å². The predicted molar refractivity (Wildman–Crippen MR) is 92.9 cm³/mol. The van der Waals surface area contributed by atoms with Crippen LogP contribution in [0.5, 0.6) is 5.75 Å². The number of nitriles is 1. The summed E-state index contributed by atoms with van der Waals surface area (Å²) in [4.78, 5) is 2.04. The Kier molecular flexibility index (Phi) is 4.66. The van der Waals surface area contributed by atoms with Crippen molar-refractivity contribution >= 4 is 0 Å². The zero-order valence-electron chi connectivity index (χ0n) is 14.9. The van der Waals surface area contributed by atoms with Crippen LogP contribution < -0.4 is 4.74 Å². The molecule has 2 aromatic carbocycles. The van der Waals surface area contributed by atoms with E-state index in [0.717, 1.165) is 0 Å². The molecule has 0 radical (unpaired) electrons. The Labute approximate surface area is 155 Å². The molecule has 0 spiro atoms. The smallest absolute Gasteiger partial charge is 0.406 e. The van der Waals surface area contributed by atoms with Gasteiger partial charge in [0.05, 0.1) is 11.6 Å². The van der Waals surface area contributed by atoms with Crippen LogP contribution in [0.4, 0.5) is 13.2 Å². The molecule has 142 valence electrons. The lowest BCUT2D eigenvalue weighted by Gasteiger charge is -2.56. The zero-order chi connectivity index (χ0) is 19.9. The number of halogens is 3. The third-order valence-electron chi connectivity index (χ3n) is 5.03. The van der Waals surface area contributed by atoms with Gasteiger partial charge in [-0.3, -0.25) is 0 Å². The zero-order valence-corrected chi connectivity index (χ0v) is 14.9. The van der Waals surface area contributed by atoms with E-state index in [1.807, 2.05) is 18.9 Å². The van der Waals surface area contributed by atoms with Crippen LogP contribution in [-0.4, -0.2) is 36.5 Å². The fraction of sp³-hybridized carbons (Fsp3) is 0.350. The van der Waals surface area contributed by atoms with Crippen molar-refractivity contribution in [1.29, 1.82) is 5.26 Å². The van der Waals surface area contributed by atoms with Gasteiger partial charge in [0.1, 0.15) is 11.4 Å². The molecule has 0 saturated carbocycles. The highest BCUT2D eigenvalue weighted by molar-refractivity contribution is 5.45. The maximum atomic E-state index is 12.4. The summed E-state index contributed by atoms with van der Waals surface area (Å²) in [7, 11) is 1.92. The van der Waals surface area contributed by atoms with E-state index in [4.69, 9.17) is 0 Å². The van der Waals surface area contributed by atoms with E-state index in [0.29, 0.717) is 29.8 Å². The van der Waals surface area contributed by atoms with E-state index < -0.39 is 17.4 Å². The lowest BCUT2D eigenvalue weighted by Crippen LogP contribution is -2.63. The minimum atomic E-state index is -4.78. The standard InChI is InChI=1S/C20H19F3N2O2/c1-18(12-25(2)13-18)19(26,16-5-3-4-14(10-16)11-24)15-6-8-17(9-7-15)27-20(21,22)23/h3-10,26H,12-13H2,1-2H3/t19-/m1/s1. The SMILES string of the molecule is CN1CC(C)([C@@](O)(c2ccc(OC(F)(F)F)cc2)c2cccc(C#N)c2)C1. The van der Waals surface area contributed by atoms with Gasteiger partial charge in [0, 0.05) is 18.5 Å². The van der Waals surface area contributed by atoms with Crippen LogP contribution in [0.2, 0.25) is 0 Å². The van der Waals surface area contributed by atoms with Crippen molar-refractivity contribution < 1.29 is 23.0 Å². The maximum Gasteiger partial charge on any atom is 0.573 e. The third-order valence-corrected chi connectivity index (χ3v) is 5.03. The minimum Gasteiger partial charge on any atom is -0.406 e. The van der Waals surface area contributed by atoms with Crippen molar-refractivity contribution in [3.8, 4) is 11.8 Å². The number of alkyl halides is 3. The highest BCUT2D eigenvalue weighted by Crippen LogP contribution is 2.50. The van der Waals surface area contributed by atoms with Crippen LogP contribution in [0.1, 0.15) is 23.6 Å². The van der Waals surface area contributed by atoms with Crippen molar-refractivity contribution in [2.75, 3.05) is 20.1 Å². The molecule has 0 aliphatic carbocycles. The molecule has 4 nitrogen and oxygen atoms in total. The molecule has 7 heteroatoms. The van der Waals surface area contributed by atoms with Crippen molar-refractivity contribution in [3.05, 3.63) is 65.2 Å². The molecular weight excluding hydrogens is 357 g/mol. The fourth-order valence-corrected chi connectivity index (χ4v) is 3.95. The Balaban J connectivity index is 2.07. The molecule has 2 aromatic rings. The highest BCUT2D eigenvalue weighted by atomic mass is 19.4. The van der Waals surface area contributed by atoms with Gasteiger partial charge in [0.15, 0.2) is 0 Å². The second-order valence-corrected chi connectivity index (χ2v) is 7.21. The summed E-state index contributed by atoms with van der Waals surface area (Å²) in [5.74, 6) is -0.352. The van der Waals surface area contributed by atoms with Gasteiger partial charge in [0.25, 0.3) is 0 Å². The number of nitrogens with zero attached hydrogens (tertiary/aromatic N) is 2. The van der Waals surface area contributed by atoms with E-state index in [9.17, 15) is 23.5 Å². The number of likely N-dealkylation sites (tertiary alicyclic amines) is 1. The maximum absolute atomic E-state index is 12.4. The van der Waals surface area contributed by atoms with Crippen LogP contribution >= 0.6 is 0 Å². The molecule has 0 amide bonds. The fourth-order valence-electron chi connectivity index (χ4n) is 3.95. The first-order chi connectivity index (χ1) is 12.6. The summed E-state index contributed by atoms with van der Waals surface area (Å²) >= 11 is 0. The average Bonchev–Trinajstić information content (AvgIpc) is 2.59. The third kappa shape index (κ3) is 3.51. The van der Waals surface area contributed by atoms with Crippen LogP contribution in [0.25, 0.3) is 0 Å². The summed E-state index contributed by atoms with van der Waals surface area (Å²) in [6, 6.07) is 14.0. The van der Waals surface area contributed by atoms with E-state index in [-0.39, 0.29) is 5.75 Å². The first kappa shape index (κ1) is 19.2. The normalized spacial score (nSPS) is 18.9. The highest BCUT2D eigenvalue weighted by Gasteiger charge is 2.55. The first-order valence-corrected chi connectivity index (χ1v) is 8.35. The molecule has 0 bridgehead atoms. The summed E-state index contributed by atoms with van der Waals surface area (Å²) in [6.07, 6.45) is -4.78.